The lowest BCUT2D eigenvalue weighted by atomic mass is 9.91. The van der Waals surface area contributed by atoms with Crippen LogP contribution in [-0.4, -0.2) is 24.8 Å². The van der Waals surface area contributed by atoms with E-state index in [9.17, 15) is 4.79 Å². The molecule has 4 aromatic rings. The molecule has 124 valence electrons. The first-order valence-corrected chi connectivity index (χ1v) is 8.97. The fraction of sp³-hybridized carbons (Fsp3) is 0.167. The van der Waals surface area contributed by atoms with E-state index in [1.807, 2.05) is 22.3 Å². The van der Waals surface area contributed by atoms with Crippen LogP contribution in [0.5, 0.6) is 0 Å². The van der Waals surface area contributed by atoms with E-state index in [0.29, 0.717) is 13.0 Å². The Morgan fingerprint density at radius 1 is 1.20 bits per heavy atom. The second-order valence-corrected chi connectivity index (χ2v) is 6.97. The first-order chi connectivity index (χ1) is 12.3. The number of hydrogen-bond donors (Lipinski definition) is 1. The number of thiazole rings is 1. The molecule has 0 aliphatic carbocycles. The van der Waals surface area contributed by atoms with Crippen molar-refractivity contribution < 1.29 is 4.79 Å². The molecule has 1 aromatic carbocycles. The Bertz CT molecular complexity index is 1050. The van der Waals surface area contributed by atoms with Gasteiger partial charge >= 0.3 is 0 Å². The molecule has 1 aliphatic rings. The summed E-state index contributed by atoms with van der Waals surface area (Å²) in [7, 11) is 0. The number of fused-ring (bicyclic) bond motifs is 3. The highest BCUT2D eigenvalue weighted by atomic mass is 32.1. The van der Waals surface area contributed by atoms with Crippen LogP contribution in [0.1, 0.15) is 29.3 Å². The third-order valence-electron chi connectivity index (χ3n) is 4.65. The number of benzene rings is 1. The van der Waals surface area contributed by atoms with Crippen molar-refractivity contribution in [3.05, 3.63) is 71.5 Å². The molecule has 1 amide bonds. The van der Waals surface area contributed by atoms with Gasteiger partial charge in [0.1, 0.15) is 0 Å². The summed E-state index contributed by atoms with van der Waals surface area (Å²) in [5.74, 6) is 0.0598. The van der Waals surface area contributed by atoms with Crippen LogP contribution in [0, 0.1) is 0 Å². The summed E-state index contributed by atoms with van der Waals surface area (Å²) in [5, 5.41) is 4.99. The number of carbonyl (C=O) groups excluding carboxylic acids is 1. The van der Waals surface area contributed by atoms with Gasteiger partial charge in [0, 0.05) is 42.0 Å². The maximum absolute atomic E-state index is 12.2. The van der Waals surface area contributed by atoms with E-state index in [0.717, 1.165) is 27.6 Å². The molecule has 0 bridgehead atoms. The van der Waals surface area contributed by atoms with Crippen LogP contribution in [-0.2, 0) is 11.3 Å². The van der Waals surface area contributed by atoms with E-state index in [-0.39, 0.29) is 11.8 Å². The monoisotopic (exact) mass is 349 g/mol. The predicted octanol–water partition coefficient (Wildman–Crippen LogP) is 2.73. The van der Waals surface area contributed by atoms with Crippen LogP contribution in [0.4, 0.5) is 0 Å². The summed E-state index contributed by atoms with van der Waals surface area (Å²) in [6, 6.07) is 8.30. The molecule has 1 atom stereocenters. The summed E-state index contributed by atoms with van der Waals surface area (Å²) in [5.41, 5.74) is 4.25. The molecular formula is C18H15N5OS. The molecule has 0 fully saturated rings. The molecule has 4 heterocycles. The summed E-state index contributed by atoms with van der Waals surface area (Å²) in [4.78, 5) is 22.0. The number of rotatable bonds is 2. The number of aromatic nitrogens is 4. The first kappa shape index (κ1) is 14.4. The van der Waals surface area contributed by atoms with Crippen molar-refractivity contribution in [1.29, 1.82) is 0 Å². The second kappa shape index (κ2) is 5.56. The number of nitrogens with one attached hydrogen (secondary N) is 1. The normalized spacial score (nSPS) is 17.3. The standard InChI is InChI=1S/C18H15N5OS/c24-16-9-14(12-1-3-13(4-2-12)22-6-5-19-11-22)17-15(10-20-16)21-18-23(17)7-8-25-18/h1-8,11,14H,9-10H2,(H,20,24)/t14-/m1/s1. The first-order valence-electron chi connectivity index (χ1n) is 8.09. The van der Waals surface area contributed by atoms with E-state index in [1.165, 1.54) is 0 Å². The van der Waals surface area contributed by atoms with E-state index in [4.69, 9.17) is 4.98 Å². The van der Waals surface area contributed by atoms with Crippen molar-refractivity contribution >= 4 is 22.2 Å². The Kier molecular flexibility index (Phi) is 3.21. The lowest BCUT2D eigenvalue weighted by molar-refractivity contribution is -0.121. The van der Waals surface area contributed by atoms with Gasteiger partial charge in [-0.2, -0.15) is 0 Å². The van der Waals surface area contributed by atoms with E-state index < -0.39 is 0 Å². The van der Waals surface area contributed by atoms with Crippen LogP contribution < -0.4 is 5.32 Å². The van der Waals surface area contributed by atoms with Crippen molar-refractivity contribution in [2.24, 2.45) is 0 Å². The topological polar surface area (TPSA) is 64.2 Å². The van der Waals surface area contributed by atoms with Gasteiger partial charge in [-0.15, -0.1) is 11.3 Å². The highest BCUT2D eigenvalue weighted by Crippen LogP contribution is 2.34. The Morgan fingerprint density at radius 3 is 2.88 bits per heavy atom. The highest BCUT2D eigenvalue weighted by molar-refractivity contribution is 7.15. The zero-order valence-corrected chi connectivity index (χ0v) is 14.1. The fourth-order valence-corrected chi connectivity index (χ4v) is 4.19. The average molecular weight is 349 g/mol. The summed E-state index contributed by atoms with van der Waals surface area (Å²) < 4.78 is 4.08. The lowest BCUT2D eigenvalue weighted by Crippen LogP contribution is -2.21. The minimum absolute atomic E-state index is 0.000984. The van der Waals surface area contributed by atoms with E-state index >= 15 is 0 Å². The van der Waals surface area contributed by atoms with Gasteiger partial charge in [-0.05, 0) is 17.7 Å². The second-order valence-electron chi connectivity index (χ2n) is 6.09. The van der Waals surface area contributed by atoms with Crippen LogP contribution in [0.3, 0.4) is 0 Å². The Balaban J connectivity index is 1.61. The number of hydrogen-bond acceptors (Lipinski definition) is 4. The Hall–Kier alpha value is -2.93. The zero-order valence-electron chi connectivity index (χ0n) is 13.3. The Labute approximate surface area is 147 Å². The van der Waals surface area contributed by atoms with E-state index in [1.54, 1.807) is 23.9 Å². The third-order valence-corrected chi connectivity index (χ3v) is 5.40. The van der Waals surface area contributed by atoms with Crippen molar-refractivity contribution in [3.8, 4) is 5.69 Å². The fourth-order valence-electron chi connectivity index (χ4n) is 3.45. The molecule has 3 aromatic heterocycles. The van der Waals surface area contributed by atoms with Crippen molar-refractivity contribution in [1.82, 2.24) is 24.3 Å². The molecule has 25 heavy (non-hydrogen) atoms. The molecule has 7 heteroatoms. The van der Waals surface area contributed by atoms with Crippen molar-refractivity contribution in [2.75, 3.05) is 0 Å². The molecule has 0 unspecified atom stereocenters. The minimum Gasteiger partial charge on any atom is -0.350 e. The maximum atomic E-state index is 12.2. The van der Waals surface area contributed by atoms with Gasteiger partial charge in [0.25, 0.3) is 0 Å². The molecule has 0 spiro atoms. The van der Waals surface area contributed by atoms with Gasteiger partial charge in [0.2, 0.25) is 5.91 Å². The van der Waals surface area contributed by atoms with Gasteiger partial charge in [-0.25, -0.2) is 9.97 Å². The zero-order chi connectivity index (χ0) is 16.8. The van der Waals surface area contributed by atoms with E-state index in [2.05, 4.69) is 39.0 Å². The SMILES string of the molecule is O=C1C[C@H](c2ccc(-n3ccnc3)cc2)c2c(nc3sccn23)CN1. The van der Waals surface area contributed by atoms with Gasteiger partial charge in [0.05, 0.1) is 24.3 Å². The van der Waals surface area contributed by atoms with Gasteiger partial charge in [-0.3, -0.25) is 9.20 Å². The van der Waals surface area contributed by atoms with Crippen LogP contribution in [0.2, 0.25) is 0 Å². The predicted molar refractivity (Wildman–Crippen MR) is 94.9 cm³/mol. The summed E-state index contributed by atoms with van der Waals surface area (Å²) >= 11 is 1.62. The molecule has 0 saturated carbocycles. The lowest BCUT2D eigenvalue weighted by Gasteiger charge is -2.16. The summed E-state index contributed by atoms with van der Waals surface area (Å²) in [6.07, 6.45) is 7.92. The van der Waals surface area contributed by atoms with Crippen LogP contribution in [0.15, 0.2) is 54.6 Å². The van der Waals surface area contributed by atoms with Gasteiger partial charge in [-0.1, -0.05) is 12.1 Å². The number of amides is 1. The minimum atomic E-state index is -0.000984. The maximum Gasteiger partial charge on any atom is 0.221 e. The molecule has 1 aliphatic heterocycles. The molecule has 6 nitrogen and oxygen atoms in total. The average Bonchev–Trinajstić information content (AvgIpc) is 3.34. The molecule has 5 rings (SSSR count). The quantitative estimate of drug-likeness (QED) is 0.605. The molecule has 0 saturated heterocycles. The molecule has 1 N–H and O–H groups in total. The largest absolute Gasteiger partial charge is 0.350 e. The summed E-state index contributed by atoms with van der Waals surface area (Å²) in [6.45, 7) is 0.492. The molecule has 0 radical (unpaired) electrons. The Morgan fingerprint density at radius 2 is 2.08 bits per heavy atom. The van der Waals surface area contributed by atoms with Crippen LogP contribution in [0.25, 0.3) is 10.6 Å². The highest BCUT2D eigenvalue weighted by Gasteiger charge is 2.29. The smallest absolute Gasteiger partial charge is 0.221 e. The van der Waals surface area contributed by atoms with Gasteiger partial charge < -0.3 is 9.88 Å². The van der Waals surface area contributed by atoms with Crippen molar-refractivity contribution in [2.45, 2.75) is 18.9 Å². The number of carbonyl (C=O) groups is 1. The number of nitrogens with zero attached hydrogens (tertiary/aromatic N) is 4. The van der Waals surface area contributed by atoms with Crippen LogP contribution >= 0.6 is 11.3 Å². The van der Waals surface area contributed by atoms with Crippen molar-refractivity contribution in [3.63, 3.8) is 0 Å². The third kappa shape index (κ3) is 2.35. The molecular weight excluding hydrogens is 334 g/mol. The number of imidazole rings is 2. The van der Waals surface area contributed by atoms with Gasteiger partial charge in [0.15, 0.2) is 4.96 Å².